The Bertz CT molecular complexity index is 442. The molecular formula is C14H16Br2O. The smallest absolute Gasteiger partial charge is 0.125 e. The molecule has 1 aromatic carbocycles. The number of halogens is 2. The van der Waals surface area contributed by atoms with Gasteiger partial charge < -0.3 is 4.74 Å². The number of hydrogen-bond donors (Lipinski definition) is 0. The standard InChI is InChI=1S/C14H16Br2O/c1-3-14(2,9-15)8-11-7-12(16)6-10-4-5-17-13(10)11/h3,6-7H,1,4-5,8-9H2,2H3. The summed E-state index contributed by atoms with van der Waals surface area (Å²) in [6, 6.07) is 4.32. The van der Waals surface area contributed by atoms with Crippen LogP contribution in [0.2, 0.25) is 0 Å². The van der Waals surface area contributed by atoms with Crippen LogP contribution in [0.25, 0.3) is 0 Å². The highest BCUT2D eigenvalue weighted by Gasteiger charge is 2.24. The maximum Gasteiger partial charge on any atom is 0.125 e. The Balaban J connectivity index is 2.36. The Kier molecular flexibility index (Phi) is 3.99. The number of ether oxygens (including phenoxy) is 1. The number of allylic oxidation sites excluding steroid dienone is 1. The third-order valence-electron chi connectivity index (χ3n) is 3.22. The van der Waals surface area contributed by atoms with Crippen LogP contribution in [0.15, 0.2) is 29.3 Å². The Morgan fingerprint density at radius 2 is 2.29 bits per heavy atom. The van der Waals surface area contributed by atoms with Gasteiger partial charge in [-0.3, -0.25) is 0 Å². The molecule has 1 heterocycles. The van der Waals surface area contributed by atoms with Crippen molar-refractivity contribution in [3.05, 3.63) is 40.4 Å². The molecule has 0 amide bonds. The molecule has 92 valence electrons. The third-order valence-corrected chi connectivity index (χ3v) is 4.96. The summed E-state index contributed by atoms with van der Waals surface area (Å²) < 4.78 is 6.89. The molecule has 0 saturated carbocycles. The van der Waals surface area contributed by atoms with Crippen molar-refractivity contribution in [2.45, 2.75) is 19.8 Å². The predicted octanol–water partition coefficient (Wildman–Crippen LogP) is 4.51. The summed E-state index contributed by atoms with van der Waals surface area (Å²) in [4.78, 5) is 0. The minimum atomic E-state index is 0.0700. The average molecular weight is 360 g/mol. The summed E-state index contributed by atoms with van der Waals surface area (Å²) in [5.74, 6) is 1.09. The van der Waals surface area contributed by atoms with Gasteiger partial charge in [-0.15, -0.1) is 6.58 Å². The quantitative estimate of drug-likeness (QED) is 0.567. The maximum atomic E-state index is 5.75. The molecule has 17 heavy (non-hydrogen) atoms. The van der Waals surface area contributed by atoms with Gasteiger partial charge in [0.15, 0.2) is 0 Å². The predicted molar refractivity (Wildman–Crippen MR) is 79.1 cm³/mol. The summed E-state index contributed by atoms with van der Waals surface area (Å²) in [7, 11) is 0. The van der Waals surface area contributed by atoms with E-state index in [1.165, 1.54) is 11.1 Å². The van der Waals surface area contributed by atoms with Gasteiger partial charge in [0.1, 0.15) is 5.75 Å². The van der Waals surface area contributed by atoms with E-state index in [0.29, 0.717) is 0 Å². The molecule has 0 saturated heterocycles. The lowest BCUT2D eigenvalue weighted by Gasteiger charge is -2.24. The van der Waals surface area contributed by atoms with Crippen molar-refractivity contribution in [2.75, 3.05) is 11.9 Å². The van der Waals surface area contributed by atoms with E-state index in [0.717, 1.165) is 35.0 Å². The highest BCUT2D eigenvalue weighted by Crippen LogP contribution is 2.37. The van der Waals surface area contributed by atoms with Crippen LogP contribution in [-0.4, -0.2) is 11.9 Å². The summed E-state index contributed by atoms with van der Waals surface area (Å²) in [5, 5.41) is 0.908. The second kappa shape index (κ2) is 5.15. The zero-order chi connectivity index (χ0) is 12.5. The zero-order valence-corrected chi connectivity index (χ0v) is 13.1. The first-order valence-corrected chi connectivity index (χ1v) is 7.63. The SMILES string of the molecule is C=CC(C)(CBr)Cc1cc(Br)cc2c1OCC2. The lowest BCUT2D eigenvalue weighted by atomic mass is 9.85. The van der Waals surface area contributed by atoms with E-state index >= 15 is 0 Å². The zero-order valence-electron chi connectivity index (χ0n) is 9.93. The normalized spacial score (nSPS) is 17.1. The van der Waals surface area contributed by atoms with Crippen LogP contribution < -0.4 is 4.74 Å². The average Bonchev–Trinajstić information content (AvgIpc) is 2.77. The molecule has 1 aliphatic rings. The van der Waals surface area contributed by atoms with Crippen LogP contribution in [0.1, 0.15) is 18.1 Å². The molecule has 0 N–H and O–H groups in total. The topological polar surface area (TPSA) is 9.23 Å². The van der Waals surface area contributed by atoms with Gasteiger partial charge in [0, 0.05) is 16.2 Å². The van der Waals surface area contributed by atoms with Crippen LogP contribution in [0, 0.1) is 5.41 Å². The van der Waals surface area contributed by atoms with E-state index in [-0.39, 0.29) is 5.41 Å². The fraction of sp³-hybridized carbons (Fsp3) is 0.429. The van der Waals surface area contributed by atoms with Crippen LogP contribution >= 0.6 is 31.9 Å². The summed E-state index contributed by atoms with van der Waals surface area (Å²) in [6.45, 7) is 6.94. The van der Waals surface area contributed by atoms with Crippen LogP contribution in [0.5, 0.6) is 5.75 Å². The van der Waals surface area contributed by atoms with Crippen molar-refractivity contribution in [2.24, 2.45) is 5.41 Å². The molecular weight excluding hydrogens is 344 g/mol. The van der Waals surface area contributed by atoms with E-state index in [9.17, 15) is 0 Å². The summed E-state index contributed by atoms with van der Waals surface area (Å²) in [6.07, 6.45) is 3.98. The molecule has 1 nitrogen and oxygen atoms in total. The second-order valence-corrected chi connectivity index (χ2v) is 6.30. The van der Waals surface area contributed by atoms with Crippen LogP contribution in [0.4, 0.5) is 0 Å². The van der Waals surface area contributed by atoms with Gasteiger partial charge in [0.25, 0.3) is 0 Å². The Morgan fingerprint density at radius 3 is 2.94 bits per heavy atom. The fourth-order valence-electron chi connectivity index (χ4n) is 2.09. The Labute approximate surface area is 120 Å². The van der Waals surface area contributed by atoms with Crippen molar-refractivity contribution in [1.82, 2.24) is 0 Å². The molecule has 3 heteroatoms. The Hall–Kier alpha value is -0.280. The van der Waals surface area contributed by atoms with E-state index in [1.54, 1.807) is 0 Å². The number of rotatable bonds is 4. The highest BCUT2D eigenvalue weighted by atomic mass is 79.9. The molecule has 1 atom stereocenters. The van der Waals surface area contributed by atoms with Crippen molar-refractivity contribution in [3.8, 4) is 5.75 Å². The molecule has 0 aliphatic carbocycles. The minimum absolute atomic E-state index is 0.0700. The lowest BCUT2D eigenvalue weighted by Crippen LogP contribution is -2.18. The van der Waals surface area contributed by atoms with E-state index in [2.05, 4.69) is 57.5 Å². The Morgan fingerprint density at radius 1 is 1.53 bits per heavy atom. The van der Waals surface area contributed by atoms with Crippen molar-refractivity contribution >= 4 is 31.9 Å². The van der Waals surface area contributed by atoms with Gasteiger partial charge in [0.2, 0.25) is 0 Å². The largest absolute Gasteiger partial charge is 0.493 e. The van der Waals surface area contributed by atoms with Crippen molar-refractivity contribution in [1.29, 1.82) is 0 Å². The second-order valence-electron chi connectivity index (χ2n) is 4.82. The number of alkyl halides is 1. The van der Waals surface area contributed by atoms with E-state index < -0.39 is 0 Å². The minimum Gasteiger partial charge on any atom is -0.493 e. The maximum absolute atomic E-state index is 5.75. The van der Waals surface area contributed by atoms with Crippen LogP contribution in [-0.2, 0) is 12.8 Å². The van der Waals surface area contributed by atoms with Crippen LogP contribution in [0.3, 0.4) is 0 Å². The first-order chi connectivity index (χ1) is 8.08. The van der Waals surface area contributed by atoms with E-state index in [1.807, 2.05) is 6.08 Å². The van der Waals surface area contributed by atoms with E-state index in [4.69, 9.17) is 4.74 Å². The third kappa shape index (κ3) is 2.76. The number of hydrogen-bond acceptors (Lipinski definition) is 1. The molecule has 2 rings (SSSR count). The molecule has 0 radical (unpaired) electrons. The number of fused-ring (bicyclic) bond motifs is 1. The van der Waals surface area contributed by atoms with Gasteiger partial charge in [0.05, 0.1) is 6.61 Å². The molecule has 0 aromatic heterocycles. The molecule has 0 fully saturated rings. The molecule has 0 spiro atoms. The lowest BCUT2D eigenvalue weighted by molar-refractivity contribution is 0.349. The van der Waals surface area contributed by atoms with Gasteiger partial charge in [-0.25, -0.2) is 0 Å². The monoisotopic (exact) mass is 358 g/mol. The molecule has 1 aromatic rings. The molecule has 0 bridgehead atoms. The first kappa shape index (κ1) is 13.2. The van der Waals surface area contributed by atoms with Gasteiger partial charge in [-0.2, -0.15) is 0 Å². The molecule has 1 unspecified atom stereocenters. The first-order valence-electron chi connectivity index (χ1n) is 5.71. The summed E-state index contributed by atoms with van der Waals surface area (Å²) >= 11 is 7.14. The fourth-order valence-corrected chi connectivity index (χ4v) is 3.07. The summed E-state index contributed by atoms with van der Waals surface area (Å²) in [5.41, 5.74) is 2.66. The van der Waals surface area contributed by atoms with Gasteiger partial charge >= 0.3 is 0 Å². The number of benzene rings is 1. The highest BCUT2D eigenvalue weighted by molar-refractivity contribution is 9.10. The molecule has 1 aliphatic heterocycles. The van der Waals surface area contributed by atoms with Crippen molar-refractivity contribution < 1.29 is 4.74 Å². The van der Waals surface area contributed by atoms with Gasteiger partial charge in [-0.05, 0) is 35.1 Å². The van der Waals surface area contributed by atoms with Gasteiger partial charge in [-0.1, -0.05) is 44.9 Å². The van der Waals surface area contributed by atoms with Crippen molar-refractivity contribution in [3.63, 3.8) is 0 Å².